The Hall–Kier alpha value is -2.78. The quantitative estimate of drug-likeness (QED) is 0.706. The zero-order chi connectivity index (χ0) is 19.6. The second kappa shape index (κ2) is 7.69. The average Bonchev–Trinajstić information content (AvgIpc) is 3.19. The molecule has 1 aromatic heterocycles. The van der Waals surface area contributed by atoms with E-state index in [9.17, 15) is 12.8 Å². The summed E-state index contributed by atoms with van der Waals surface area (Å²) >= 11 is 0. The molecule has 0 bridgehead atoms. The number of sulfonamides is 1. The van der Waals surface area contributed by atoms with E-state index in [1.165, 1.54) is 18.2 Å². The zero-order valence-electron chi connectivity index (χ0n) is 15.0. The summed E-state index contributed by atoms with van der Waals surface area (Å²) in [6, 6.07) is 14.1. The van der Waals surface area contributed by atoms with Crippen LogP contribution in [-0.4, -0.2) is 37.7 Å². The van der Waals surface area contributed by atoms with Crippen molar-refractivity contribution in [2.45, 2.75) is 23.8 Å². The van der Waals surface area contributed by atoms with Crippen LogP contribution in [0.2, 0.25) is 0 Å². The molecule has 146 valence electrons. The minimum absolute atomic E-state index is 0.0875. The van der Waals surface area contributed by atoms with Gasteiger partial charge in [-0.1, -0.05) is 24.3 Å². The molecule has 0 aliphatic carbocycles. The fourth-order valence-corrected chi connectivity index (χ4v) is 4.51. The zero-order valence-corrected chi connectivity index (χ0v) is 15.8. The number of halogens is 1. The summed E-state index contributed by atoms with van der Waals surface area (Å²) in [7, 11) is -3.81. The highest BCUT2D eigenvalue weighted by atomic mass is 32.2. The lowest BCUT2D eigenvalue weighted by atomic mass is 10.1. The Labute approximate surface area is 162 Å². The van der Waals surface area contributed by atoms with E-state index in [0.717, 1.165) is 18.1 Å². The fraction of sp³-hybridized carbons (Fsp3) is 0.263. The van der Waals surface area contributed by atoms with Crippen molar-refractivity contribution in [3.63, 3.8) is 0 Å². The molecule has 1 saturated heterocycles. The van der Waals surface area contributed by atoms with E-state index in [4.69, 9.17) is 4.52 Å². The molecule has 4 rings (SSSR count). The molecule has 0 saturated carbocycles. The maximum absolute atomic E-state index is 13.4. The van der Waals surface area contributed by atoms with Crippen molar-refractivity contribution in [3.8, 4) is 11.5 Å². The number of nitrogens with zero attached hydrogens (tertiary/aromatic N) is 3. The molecule has 2 aromatic carbocycles. The van der Waals surface area contributed by atoms with Gasteiger partial charge in [0.1, 0.15) is 5.82 Å². The molecule has 1 fully saturated rings. The molecule has 0 radical (unpaired) electrons. The number of anilines is 1. The maximum atomic E-state index is 13.4. The number of nitrogens with one attached hydrogen (secondary N) is 1. The van der Waals surface area contributed by atoms with Crippen LogP contribution < -0.4 is 9.62 Å². The molecule has 2 heterocycles. The predicted octanol–water partition coefficient (Wildman–Crippen LogP) is 2.82. The van der Waals surface area contributed by atoms with Crippen molar-refractivity contribution in [1.82, 2.24) is 14.9 Å². The normalized spacial score (nSPS) is 17.6. The van der Waals surface area contributed by atoms with Gasteiger partial charge < -0.3 is 9.42 Å². The van der Waals surface area contributed by atoms with Gasteiger partial charge in [0, 0.05) is 24.7 Å². The van der Waals surface area contributed by atoms with Gasteiger partial charge in [0.2, 0.25) is 10.0 Å². The van der Waals surface area contributed by atoms with Crippen LogP contribution in [0.25, 0.3) is 11.5 Å². The molecule has 1 aliphatic rings. The first kappa shape index (κ1) is 18.6. The Balaban J connectivity index is 1.47. The number of aromatic nitrogens is 2. The monoisotopic (exact) mass is 402 g/mol. The predicted molar refractivity (Wildman–Crippen MR) is 102 cm³/mol. The standard InChI is InChI=1S/C19H19FN4O3S/c20-15-8-4-10-17(12-15)28(25,26)23-16-9-5-11-24(13-16)19-21-18(27-22-19)14-6-2-1-3-7-14/h1-4,6-8,10,12,16,23H,5,9,11,13H2. The van der Waals surface area contributed by atoms with Crippen LogP contribution in [-0.2, 0) is 10.0 Å². The van der Waals surface area contributed by atoms with Gasteiger partial charge in [0.25, 0.3) is 11.8 Å². The smallest absolute Gasteiger partial charge is 0.266 e. The van der Waals surface area contributed by atoms with E-state index in [1.54, 1.807) is 0 Å². The third-order valence-corrected chi connectivity index (χ3v) is 6.09. The second-order valence-electron chi connectivity index (χ2n) is 6.63. The van der Waals surface area contributed by atoms with E-state index in [1.807, 2.05) is 35.2 Å². The Morgan fingerprint density at radius 1 is 1.14 bits per heavy atom. The Morgan fingerprint density at radius 3 is 2.75 bits per heavy atom. The molecule has 1 aliphatic heterocycles. The van der Waals surface area contributed by atoms with E-state index in [0.29, 0.717) is 31.3 Å². The minimum atomic E-state index is -3.81. The van der Waals surface area contributed by atoms with Crippen molar-refractivity contribution in [3.05, 3.63) is 60.4 Å². The summed E-state index contributed by atoms with van der Waals surface area (Å²) in [6.45, 7) is 1.11. The molecule has 3 aromatic rings. The summed E-state index contributed by atoms with van der Waals surface area (Å²) in [5.41, 5.74) is 0.821. The van der Waals surface area contributed by atoms with Gasteiger partial charge >= 0.3 is 0 Å². The van der Waals surface area contributed by atoms with Gasteiger partial charge in [-0.05, 0) is 48.3 Å². The van der Waals surface area contributed by atoms with Crippen molar-refractivity contribution < 1.29 is 17.3 Å². The Kier molecular flexibility index (Phi) is 5.10. The van der Waals surface area contributed by atoms with E-state index < -0.39 is 15.8 Å². The second-order valence-corrected chi connectivity index (χ2v) is 8.34. The van der Waals surface area contributed by atoms with Crippen molar-refractivity contribution in [1.29, 1.82) is 0 Å². The third kappa shape index (κ3) is 4.05. The summed E-state index contributed by atoms with van der Waals surface area (Å²) < 4.78 is 46.4. The molecule has 7 nitrogen and oxygen atoms in total. The first-order chi connectivity index (χ1) is 13.5. The summed E-state index contributed by atoms with van der Waals surface area (Å²) in [5.74, 6) is 0.250. The summed E-state index contributed by atoms with van der Waals surface area (Å²) in [5, 5.41) is 4.03. The number of hydrogen-bond acceptors (Lipinski definition) is 6. The first-order valence-electron chi connectivity index (χ1n) is 8.93. The highest BCUT2D eigenvalue weighted by Crippen LogP contribution is 2.23. The van der Waals surface area contributed by atoms with Crippen LogP contribution in [0.1, 0.15) is 12.8 Å². The van der Waals surface area contributed by atoms with Gasteiger partial charge in [-0.2, -0.15) is 4.98 Å². The first-order valence-corrected chi connectivity index (χ1v) is 10.4. The topological polar surface area (TPSA) is 88.3 Å². The number of benzene rings is 2. The third-order valence-electron chi connectivity index (χ3n) is 4.57. The Morgan fingerprint density at radius 2 is 1.96 bits per heavy atom. The van der Waals surface area contributed by atoms with Crippen LogP contribution in [0.5, 0.6) is 0 Å². The van der Waals surface area contributed by atoms with E-state index in [-0.39, 0.29) is 10.9 Å². The van der Waals surface area contributed by atoms with Gasteiger partial charge in [0.15, 0.2) is 0 Å². The van der Waals surface area contributed by atoms with Crippen LogP contribution in [0.3, 0.4) is 0 Å². The fourth-order valence-electron chi connectivity index (χ4n) is 3.22. The number of piperidine rings is 1. The number of hydrogen-bond donors (Lipinski definition) is 1. The van der Waals surface area contributed by atoms with E-state index >= 15 is 0 Å². The SMILES string of the molecule is O=S(=O)(NC1CCCN(c2noc(-c3ccccc3)n2)C1)c1cccc(F)c1. The molecule has 9 heteroatoms. The van der Waals surface area contributed by atoms with Crippen LogP contribution in [0, 0.1) is 5.82 Å². The minimum Gasteiger partial charge on any atom is -0.337 e. The summed E-state index contributed by atoms with van der Waals surface area (Å²) in [6.07, 6.45) is 1.44. The van der Waals surface area contributed by atoms with Crippen LogP contribution >= 0.6 is 0 Å². The molecule has 0 amide bonds. The highest BCUT2D eigenvalue weighted by molar-refractivity contribution is 7.89. The average molecular weight is 402 g/mol. The molecule has 1 unspecified atom stereocenters. The van der Waals surface area contributed by atoms with Gasteiger partial charge in [-0.15, -0.1) is 0 Å². The Bertz CT molecular complexity index is 1060. The molecule has 28 heavy (non-hydrogen) atoms. The van der Waals surface area contributed by atoms with E-state index in [2.05, 4.69) is 14.9 Å². The largest absolute Gasteiger partial charge is 0.337 e. The lowest BCUT2D eigenvalue weighted by Crippen LogP contribution is -2.48. The lowest BCUT2D eigenvalue weighted by molar-refractivity contribution is 0.419. The van der Waals surface area contributed by atoms with Crippen molar-refractivity contribution >= 4 is 16.0 Å². The lowest BCUT2D eigenvalue weighted by Gasteiger charge is -2.31. The van der Waals surface area contributed by atoms with Crippen LogP contribution in [0.15, 0.2) is 64.0 Å². The van der Waals surface area contributed by atoms with Crippen LogP contribution in [0.4, 0.5) is 10.3 Å². The molecule has 1 N–H and O–H groups in total. The molecule has 1 atom stereocenters. The van der Waals surface area contributed by atoms with Crippen molar-refractivity contribution in [2.24, 2.45) is 0 Å². The van der Waals surface area contributed by atoms with Crippen molar-refractivity contribution in [2.75, 3.05) is 18.0 Å². The maximum Gasteiger partial charge on any atom is 0.266 e. The van der Waals surface area contributed by atoms with Gasteiger partial charge in [-0.3, -0.25) is 0 Å². The van der Waals surface area contributed by atoms with Gasteiger partial charge in [0.05, 0.1) is 4.90 Å². The number of rotatable bonds is 5. The highest BCUT2D eigenvalue weighted by Gasteiger charge is 2.27. The molecular formula is C19H19FN4O3S. The molecule has 0 spiro atoms. The van der Waals surface area contributed by atoms with Gasteiger partial charge in [-0.25, -0.2) is 17.5 Å². The molecular weight excluding hydrogens is 383 g/mol. The summed E-state index contributed by atoms with van der Waals surface area (Å²) in [4.78, 5) is 6.23.